The van der Waals surface area contributed by atoms with E-state index < -0.39 is 20.0 Å². The maximum absolute atomic E-state index is 13.4. The van der Waals surface area contributed by atoms with Gasteiger partial charge in [-0.2, -0.15) is 8.61 Å². The molecule has 1 aliphatic heterocycles. The second-order valence-corrected chi connectivity index (χ2v) is 11.9. The van der Waals surface area contributed by atoms with Gasteiger partial charge in [0.1, 0.15) is 0 Å². The first-order valence-electron chi connectivity index (χ1n) is 11.1. The smallest absolute Gasteiger partial charge is 0.243 e. The lowest BCUT2D eigenvalue weighted by atomic mass is 10.2. The number of fused-ring (bicyclic) bond motifs is 1. The molecule has 7 nitrogen and oxygen atoms in total. The molecule has 0 spiro atoms. The van der Waals surface area contributed by atoms with Gasteiger partial charge in [-0.3, -0.25) is 0 Å². The van der Waals surface area contributed by atoms with Crippen LogP contribution in [0.2, 0.25) is 0 Å². The highest BCUT2D eigenvalue weighted by Crippen LogP contribution is 2.26. The van der Waals surface area contributed by atoms with Crippen molar-refractivity contribution in [3.8, 4) is 0 Å². The molecule has 0 aliphatic carbocycles. The zero-order valence-corrected chi connectivity index (χ0v) is 20.4. The molecule has 0 unspecified atom stereocenters. The summed E-state index contributed by atoms with van der Waals surface area (Å²) in [4.78, 5) is 0.525. The molecular formula is C24H29N3O4S2. The summed E-state index contributed by atoms with van der Waals surface area (Å²) in [7, 11) is -7.44. The van der Waals surface area contributed by atoms with Crippen LogP contribution in [0.5, 0.6) is 0 Å². The van der Waals surface area contributed by atoms with E-state index in [0.717, 1.165) is 16.5 Å². The monoisotopic (exact) mass is 487 g/mol. The van der Waals surface area contributed by atoms with Gasteiger partial charge in [-0.25, -0.2) is 16.8 Å². The molecule has 176 valence electrons. The van der Waals surface area contributed by atoms with Crippen molar-refractivity contribution in [1.82, 2.24) is 13.2 Å². The first-order valence-corrected chi connectivity index (χ1v) is 13.9. The fourth-order valence-electron chi connectivity index (χ4n) is 4.32. The Morgan fingerprint density at radius 2 is 1.61 bits per heavy atom. The third-order valence-corrected chi connectivity index (χ3v) is 9.98. The van der Waals surface area contributed by atoms with Gasteiger partial charge >= 0.3 is 0 Å². The Balaban J connectivity index is 1.57. The van der Waals surface area contributed by atoms with Crippen molar-refractivity contribution < 1.29 is 16.8 Å². The minimum absolute atomic E-state index is 0.116. The van der Waals surface area contributed by atoms with E-state index in [0.29, 0.717) is 24.3 Å². The second kappa shape index (κ2) is 9.42. The van der Waals surface area contributed by atoms with E-state index in [2.05, 4.69) is 6.58 Å². The lowest BCUT2D eigenvalue weighted by Crippen LogP contribution is -2.37. The summed E-state index contributed by atoms with van der Waals surface area (Å²) in [6, 6.07) is 14.0. The second-order valence-electron chi connectivity index (χ2n) is 8.10. The molecule has 0 bridgehead atoms. The standard InChI is InChI=1S/C24H29N3O4S2/c1-3-13-25-16-12-21-19-22(10-11-23(21)25)32(28,29)26-14-7-15-27(18-17-26)33(30,31)24-9-6-5-8-20(24)4-2/h3,5-6,8-12,16,19H,1,4,7,13-15,17-18H2,2H3. The fourth-order valence-corrected chi connectivity index (χ4v) is 7.59. The number of hydrogen-bond donors (Lipinski definition) is 0. The van der Waals surface area contributed by atoms with Crippen LogP contribution in [0, 0.1) is 0 Å². The van der Waals surface area contributed by atoms with Crippen molar-refractivity contribution in [2.24, 2.45) is 0 Å². The molecule has 1 saturated heterocycles. The van der Waals surface area contributed by atoms with Crippen LogP contribution in [0.25, 0.3) is 10.9 Å². The van der Waals surface area contributed by atoms with Crippen molar-refractivity contribution in [3.05, 3.63) is 72.9 Å². The summed E-state index contributed by atoms with van der Waals surface area (Å²) >= 11 is 0. The molecule has 1 aliphatic rings. The van der Waals surface area contributed by atoms with Crippen LogP contribution in [-0.2, 0) is 33.0 Å². The van der Waals surface area contributed by atoms with Crippen molar-refractivity contribution in [3.63, 3.8) is 0 Å². The number of sulfonamides is 2. The Bertz CT molecular complexity index is 1380. The van der Waals surface area contributed by atoms with Crippen LogP contribution in [0.4, 0.5) is 0 Å². The third kappa shape index (κ3) is 4.50. The Morgan fingerprint density at radius 1 is 0.909 bits per heavy atom. The van der Waals surface area contributed by atoms with Crippen molar-refractivity contribution in [2.75, 3.05) is 26.2 Å². The van der Waals surface area contributed by atoms with Gasteiger partial charge in [0.25, 0.3) is 0 Å². The van der Waals surface area contributed by atoms with Gasteiger partial charge in [0, 0.05) is 49.8 Å². The average molecular weight is 488 g/mol. The number of aromatic nitrogens is 1. The Labute approximate surface area is 196 Å². The molecule has 0 amide bonds. The van der Waals surface area contributed by atoms with Gasteiger partial charge in [0.05, 0.1) is 9.79 Å². The largest absolute Gasteiger partial charge is 0.344 e. The highest BCUT2D eigenvalue weighted by atomic mass is 32.2. The maximum atomic E-state index is 13.4. The Hall–Kier alpha value is -2.46. The molecule has 1 aromatic heterocycles. The minimum Gasteiger partial charge on any atom is -0.344 e. The SMILES string of the molecule is C=CCn1ccc2cc(S(=O)(=O)N3CCCN(S(=O)(=O)c4ccccc4CC)CC3)ccc21. The summed E-state index contributed by atoms with van der Waals surface area (Å²) in [5.41, 5.74) is 1.71. The number of rotatable bonds is 7. The van der Waals surface area contributed by atoms with Crippen molar-refractivity contribution in [1.29, 1.82) is 0 Å². The van der Waals surface area contributed by atoms with E-state index in [1.165, 1.54) is 8.61 Å². The number of nitrogens with zero attached hydrogens (tertiary/aromatic N) is 3. The molecule has 0 N–H and O–H groups in total. The van der Waals surface area contributed by atoms with E-state index in [4.69, 9.17) is 0 Å². The third-order valence-electron chi connectivity index (χ3n) is 6.09. The first-order chi connectivity index (χ1) is 15.8. The lowest BCUT2D eigenvalue weighted by molar-refractivity contribution is 0.404. The Morgan fingerprint density at radius 3 is 2.30 bits per heavy atom. The lowest BCUT2D eigenvalue weighted by Gasteiger charge is -2.22. The summed E-state index contributed by atoms with van der Waals surface area (Å²) in [6.07, 6.45) is 4.75. The molecule has 0 radical (unpaired) electrons. The number of allylic oxidation sites excluding steroid dienone is 1. The quantitative estimate of drug-likeness (QED) is 0.478. The van der Waals surface area contributed by atoms with Gasteiger partial charge in [-0.15, -0.1) is 6.58 Å². The number of hydrogen-bond acceptors (Lipinski definition) is 4. The van der Waals surface area contributed by atoms with E-state index in [-0.39, 0.29) is 31.1 Å². The van der Waals surface area contributed by atoms with Crippen molar-refractivity contribution >= 4 is 30.9 Å². The van der Waals surface area contributed by atoms with E-state index >= 15 is 0 Å². The van der Waals surface area contributed by atoms with Gasteiger partial charge in [-0.05, 0) is 48.7 Å². The van der Waals surface area contributed by atoms with Crippen LogP contribution in [0.1, 0.15) is 18.9 Å². The maximum Gasteiger partial charge on any atom is 0.243 e. The molecule has 4 rings (SSSR count). The topological polar surface area (TPSA) is 79.7 Å². The molecule has 0 atom stereocenters. The molecule has 9 heteroatoms. The first kappa shape index (κ1) is 23.7. The predicted octanol–water partition coefficient (Wildman–Crippen LogP) is 3.48. The van der Waals surface area contributed by atoms with Crippen LogP contribution >= 0.6 is 0 Å². The van der Waals surface area contributed by atoms with Crippen LogP contribution in [0.15, 0.2) is 77.2 Å². The molecule has 2 heterocycles. The normalized spacial score (nSPS) is 16.6. The predicted molar refractivity (Wildman–Crippen MR) is 130 cm³/mol. The average Bonchev–Trinajstić information content (AvgIpc) is 3.03. The molecule has 33 heavy (non-hydrogen) atoms. The van der Waals surface area contributed by atoms with Crippen LogP contribution in [-0.4, -0.2) is 56.2 Å². The minimum atomic E-state index is -3.74. The fraction of sp³-hybridized carbons (Fsp3) is 0.333. The van der Waals surface area contributed by atoms with E-state index in [1.807, 2.05) is 42.0 Å². The van der Waals surface area contributed by atoms with Crippen LogP contribution in [0.3, 0.4) is 0 Å². The molecule has 0 saturated carbocycles. The molecular weight excluding hydrogens is 458 g/mol. The van der Waals surface area contributed by atoms with Crippen molar-refractivity contribution in [2.45, 2.75) is 36.1 Å². The van der Waals surface area contributed by atoms with Crippen LogP contribution < -0.4 is 0 Å². The molecule has 2 aromatic carbocycles. The highest BCUT2D eigenvalue weighted by Gasteiger charge is 2.32. The number of benzene rings is 2. The Kier molecular flexibility index (Phi) is 6.76. The zero-order valence-electron chi connectivity index (χ0n) is 18.7. The summed E-state index contributed by atoms with van der Waals surface area (Å²) in [6.45, 7) is 7.13. The summed E-state index contributed by atoms with van der Waals surface area (Å²) < 4.78 is 58.2. The summed E-state index contributed by atoms with van der Waals surface area (Å²) in [5, 5.41) is 0.841. The van der Waals surface area contributed by atoms with Gasteiger partial charge in [-0.1, -0.05) is 31.2 Å². The van der Waals surface area contributed by atoms with E-state index in [1.54, 1.807) is 30.3 Å². The molecule has 1 fully saturated rings. The number of aryl methyl sites for hydroxylation is 1. The van der Waals surface area contributed by atoms with Gasteiger partial charge in [0.15, 0.2) is 0 Å². The summed E-state index contributed by atoms with van der Waals surface area (Å²) in [5.74, 6) is 0. The molecule has 3 aromatic rings. The highest BCUT2D eigenvalue weighted by molar-refractivity contribution is 7.89. The van der Waals surface area contributed by atoms with Gasteiger partial charge in [0.2, 0.25) is 20.0 Å². The van der Waals surface area contributed by atoms with Gasteiger partial charge < -0.3 is 4.57 Å². The van der Waals surface area contributed by atoms with E-state index in [9.17, 15) is 16.8 Å². The zero-order chi connectivity index (χ0) is 23.6.